The second kappa shape index (κ2) is 5.17. The van der Waals surface area contributed by atoms with Crippen LogP contribution in [0.3, 0.4) is 0 Å². The van der Waals surface area contributed by atoms with Crippen molar-refractivity contribution in [3.8, 4) is 12.1 Å². The van der Waals surface area contributed by atoms with Gasteiger partial charge < -0.3 is 0 Å². The van der Waals surface area contributed by atoms with E-state index in [1.807, 2.05) is 0 Å². The van der Waals surface area contributed by atoms with Crippen LogP contribution >= 0.6 is 0 Å². The van der Waals surface area contributed by atoms with E-state index >= 15 is 0 Å². The quantitative estimate of drug-likeness (QED) is 0.436. The maximum Gasteiger partial charge on any atom is 0.269 e. The number of rotatable bonds is 3. The number of nitriles is 2. The molecule has 0 spiro atoms. The van der Waals surface area contributed by atoms with Crippen LogP contribution < -0.4 is 0 Å². The van der Waals surface area contributed by atoms with Crippen molar-refractivity contribution in [1.29, 1.82) is 10.5 Å². The van der Waals surface area contributed by atoms with Gasteiger partial charge in [-0.25, -0.2) is 0 Å². The number of hydrogen-bond donors (Lipinski definition) is 0. The highest BCUT2D eigenvalue weighted by Crippen LogP contribution is 2.18. The lowest BCUT2D eigenvalue weighted by atomic mass is 10.3. The average Bonchev–Trinajstić information content (AvgIpc) is 2.31. The summed E-state index contributed by atoms with van der Waals surface area (Å²) in [5.41, 5.74) is 0.289. The summed E-state index contributed by atoms with van der Waals surface area (Å²) < 4.78 is 0. The first-order chi connectivity index (χ1) is 7.67. The Morgan fingerprint density at radius 1 is 1.25 bits per heavy atom. The predicted molar refractivity (Wildman–Crippen MR) is 52.6 cm³/mol. The first-order valence-corrected chi connectivity index (χ1v) is 4.12. The fraction of sp³-hybridized carbons (Fsp3) is 0.111. The molecule has 1 rings (SSSR count). The van der Waals surface area contributed by atoms with Crippen molar-refractivity contribution in [3.05, 3.63) is 34.4 Å². The summed E-state index contributed by atoms with van der Waals surface area (Å²) >= 11 is 0. The fourth-order valence-corrected chi connectivity index (χ4v) is 0.846. The van der Waals surface area contributed by atoms with E-state index in [9.17, 15) is 10.1 Å². The smallest absolute Gasteiger partial charge is 0.258 e. The summed E-state index contributed by atoms with van der Waals surface area (Å²) in [6.07, 6.45) is 0. The Morgan fingerprint density at radius 2 is 1.81 bits per heavy atom. The van der Waals surface area contributed by atoms with Crippen LogP contribution in [0.1, 0.15) is 0 Å². The Morgan fingerprint density at radius 3 is 2.25 bits per heavy atom. The summed E-state index contributed by atoms with van der Waals surface area (Å²) in [6.45, 7) is 0. The number of benzene rings is 1. The van der Waals surface area contributed by atoms with E-state index in [0.29, 0.717) is 5.69 Å². The molecular formula is C9H5N5O2. The molecule has 0 amide bonds. The molecule has 0 aromatic heterocycles. The van der Waals surface area contributed by atoms with E-state index in [1.54, 1.807) is 12.1 Å². The van der Waals surface area contributed by atoms with Gasteiger partial charge in [-0.2, -0.15) is 20.8 Å². The zero-order valence-corrected chi connectivity index (χ0v) is 7.94. The Hall–Kier alpha value is -2.80. The molecule has 0 aliphatic carbocycles. The van der Waals surface area contributed by atoms with E-state index < -0.39 is 11.0 Å². The van der Waals surface area contributed by atoms with Crippen molar-refractivity contribution < 1.29 is 4.92 Å². The third kappa shape index (κ3) is 2.86. The monoisotopic (exact) mass is 215 g/mol. The van der Waals surface area contributed by atoms with Crippen LogP contribution in [0.2, 0.25) is 0 Å². The number of nitro benzene ring substituents is 1. The van der Waals surface area contributed by atoms with Crippen LogP contribution in [0.4, 0.5) is 11.4 Å². The third-order valence-corrected chi connectivity index (χ3v) is 1.59. The van der Waals surface area contributed by atoms with Gasteiger partial charge in [0.2, 0.25) is 6.04 Å². The Labute approximate surface area is 90.4 Å². The van der Waals surface area contributed by atoms with Gasteiger partial charge in [0.1, 0.15) is 12.1 Å². The highest BCUT2D eigenvalue weighted by Gasteiger charge is 2.04. The molecule has 16 heavy (non-hydrogen) atoms. The first-order valence-electron chi connectivity index (χ1n) is 4.12. The predicted octanol–water partition coefficient (Wildman–Crippen LogP) is 2.09. The van der Waals surface area contributed by atoms with Crippen molar-refractivity contribution in [2.24, 2.45) is 10.2 Å². The van der Waals surface area contributed by atoms with Gasteiger partial charge in [-0.05, 0) is 12.1 Å². The Bertz CT molecular complexity index is 480. The zero-order valence-electron chi connectivity index (χ0n) is 7.94. The van der Waals surface area contributed by atoms with Gasteiger partial charge in [-0.3, -0.25) is 10.1 Å². The first kappa shape index (κ1) is 11.3. The lowest BCUT2D eigenvalue weighted by Gasteiger charge is -1.92. The molecule has 0 heterocycles. The molecule has 1 aromatic carbocycles. The molecule has 0 fully saturated rings. The van der Waals surface area contributed by atoms with E-state index in [1.165, 1.54) is 24.3 Å². The molecule has 7 nitrogen and oxygen atoms in total. The number of non-ortho nitro benzene ring substituents is 1. The maximum atomic E-state index is 10.3. The second-order valence-electron chi connectivity index (χ2n) is 2.65. The minimum atomic E-state index is -1.16. The van der Waals surface area contributed by atoms with Gasteiger partial charge in [0.05, 0.1) is 10.6 Å². The molecule has 0 aliphatic rings. The standard InChI is InChI=1S/C9H5N5O2/c10-5-8(6-11)13-12-7-1-3-9(4-2-7)14(15)16/h1-4,8H. The van der Waals surface area contributed by atoms with Crippen LogP contribution in [0.5, 0.6) is 0 Å². The molecular weight excluding hydrogens is 210 g/mol. The summed E-state index contributed by atoms with van der Waals surface area (Å²) in [6, 6.07) is 7.38. The summed E-state index contributed by atoms with van der Waals surface area (Å²) in [4.78, 5) is 9.80. The normalized spacial score (nSPS) is 9.94. The molecule has 0 bridgehead atoms. The van der Waals surface area contributed by atoms with Gasteiger partial charge in [0.15, 0.2) is 0 Å². The summed E-state index contributed by atoms with van der Waals surface area (Å²) in [7, 11) is 0. The van der Waals surface area contributed by atoms with Gasteiger partial charge >= 0.3 is 0 Å². The molecule has 0 aliphatic heterocycles. The van der Waals surface area contributed by atoms with Crippen molar-refractivity contribution in [2.75, 3.05) is 0 Å². The van der Waals surface area contributed by atoms with Crippen LogP contribution in [-0.2, 0) is 0 Å². The third-order valence-electron chi connectivity index (χ3n) is 1.59. The number of hydrogen-bond acceptors (Lipinski definition) is 6. The SMILES string of the molecule is N#CC(C#N)N=Nc1ccc([N+](=O)[O-])cc1. The molecule has 0 atom stereocenters. The molecule has 0 N–H and O–H groups in total. The summed E-state index contributed by atoms with van der Waals surface area (Å²) in [5.74, 6) is 0. The molecule has 78 valence electrons. The molecule has 0 saturated carbocycles. The van der Waals surface area contributed by atoms with Crippen LogP contribution in [0, 0.1) is 32.8 Å². The van der Waals surface area contributed by atoms with Crippen LogP contribution in [-0.4, -0.2) is 11.0 Å². The van der Waals surface area contributed by atoms with Gasteiger partial charge in [-0.1, -0.05) is 0 Å². The van der Waals surface area contributed by atoms with Gasteiger partial charge in [0.25, 0.3) is 5.69 Å². The minimum Gasteiger partial charge on any atom is -0.258 e. The topological polar surface area (TPSA) is 115 Å². The zero-order chi connectivity index (χ0) is 12.0. The van der Waals surface area contributed by atoms with Crippen molar-refractivity contribution >= 4 is 11.4 Å². The fourth-order valence-electron chi connectivity index (χ4n) is 0.846. The molecule has 7 heteroatoms. The molecule has 1 aromatic rings. The second-order valence-corrected chi connectivity index (χ2v) is 2.65. The van der Waals surface area contributed by atoms with Gasteiger partial charge in [0, 0.05) is 12.1 Å². The maximum absolute atomic E-state index is 10.3. The van der Waals surface area contributed by atoms with Crippen LogP contribution in [0.25, 0.3) is 0 Å². The lowest BCUT2D eigenvalue weighted by molar-refractivity contribution is -0.384. The Balaban J connectivity index is 2.81. The number of nitrogens with zero attached hydrogens (tertiary/aromatic N) is 5. The van der Waals surface area contributed by atoms with E-state index in [0.717, 1.165) is 0 Å². The van der Waals surface area contributed by atoms with Gasteiger partial charge in [-0.15, -0.1) is 0 Å². The number of nitro groups is 1. The van der Waals surface area contributed by atoms with Crippen molar-refractivity contribution in [3.63, 3.8) is 0 Å². The average molecular weight is 215 g/mol. The van der Waals surface area contributed by atoms with Crippen molar-refractivity contribution in [2.45, 2.75) is 6.04 Å². The number of azo groups is 1. The van der Waals surface area contributed by atoms with E-state index in [-0.39, 0.29) is 5.69 Å². The van der Waals surface area contributed by atoms with E-state index in [4.69, 9.17) is 10.5 Å². The molecule has 0 radical (unpaired) electrons. The largest absolute Gasteiger partial charge is 0.269 e. The van der Waals surface area contributed by atoms with E-state index in [2.05, 4.69) is 10.2 Å². The lowest BCUT2D eigenvalue weighted by Crippen LogP contribution is -1.92. The summed E-state index contributed by atoms with van der Waals surface area (Å²) in [5, 5.41) is 34.2. The molecule has 0 saturated heterocycles. The van der Waals surface area contributed by atoms with Crippen molar-refractivity contribution in [1.82, 2.24) is 0 Å². The highest BCUT2D eigenvalue weighted by atomic mass is 16.6. The molecule has 0 unspecified atom stereocenters. The minimum absolute atomic E-state index is 0.0592. The highest BCUT2D eigenvalue weighted by molar-refractivity contribution is 5.43. The Kier molecular flexibility index (Phi) is 3.65. The van der Waals surface area contributed by atoms with Crippen LogP contribution in [0.15, 0.2) is 34.5 Å².